The van der Waals surface area contributed by atoms with Gasteiger partial charge in [0, 0.05) is 32.0 Å². The van der Waals surface area contributed by atoms with Crippen LogP contribution in [-0.2, 0) is 9.59 Å². The molecule has 5 nitrogen and oxygen atoms in total. The van der Waals surface area contributed by atoms with Crippen molar-refractivity contribution in [2.24, 2.45) is 11.7 Å². The van der Waals surface area contributed by atoms with E-state index in [-0.39, 0.29) is 23.8 Å². The molecule has 2 atom stereocenters. The average Bonchev–Trinajstić information content (AvgIpc) is 2.34. The van der Waals surface area contributed by atoms with Crippen LogP contribution in [0.3, 0.4) is 0 Å². The fraction of sp³-hybridized carbons (Fsp3) is 0.846. The number of hydrogen-bond acceptors (Lipinski definition) is 3. The van der Waals surface area contributed by atoms with Crippen molar-refractivity contribution in [2.45, 2.75) is 45.6 Å². The van der Waals surface area contributed by atoms with E-state index in [2.05, 4.69) is 5.32 Å². The van der Waals surface area contributed by atoms with E-state index in [4.69, 9.17) is 5.73 Å². The van der Waals surface area contributed by atoms with Crippen molar-refractivity contribution in [3.8, 4) is 0 Å². The molecule has 0 aromatic heterocycles. The second-order valence-corrected chi connectivity index (χ2v) is 5.16. The van der Waals surface area contributed by atoms with Crippen molar-refractivity contribution in [3.63, 3.8) is 0 Å². The van der Waals surface area contributed by atoms with Crippen molar-refractivity contribution in [3.05, 3.63) is 0 Å². The van der Waals surface area contributed by atoms with E-state index in [1.165, 1.54) is 6.92 Å². The smallest absolute Gasteiger partial charge is 0.225 e. The van der Waals surface area contributed by atoms with Gasteiger partial charge in [-0.05, 0) is 32.2 Å². The second kappa shape index (κ2) is 7.36. The zero-order valence-electron chi connectivity index (χ0n) is 11.4. The third kappa shape index (κ3) is 4.64. The van der Waals surface area contributed by atoms with Gasteiger partial charge in [-0.3, -0.25) is 9.59 Å². The molecule has 1 rings (SSSR count). The molecule has 104 valence electrons. The first-order valence-electron chi connectivity index (χ1n) is 6.80. The van der Waals surface area contributed by atoms with Gasteiger partial charge in [0.15, 0.2) is 0 Å². The first kappa shape index (κ1) is 15.0. The van der Waals surface area contributed by atoms with E-state index in [0.29, 0.717) is 13.1 Å². The third-order valence-corrected chi connectivity index (χ3v) is 3.40. The molecule has 0 saturated carbocycles. The minimum Gasteiger partial charge on any atom is -0.352 e. The summed E-state index contributed by atoms with van der Waals surface area (Å²) < 4.78 is 0. The van der Waals surface area contributed by atoms with Crippen LogP contribution >= 0.6 is 0 Å². The van der Waals surface area contributed by atoms with Crippen molar-refractivity contribution < 1.29 is 9.59 Å². The number of nitrogens with two attached hydrogens (primary N) is 1. The highest BCUT2D eigenvalue weighted by Gasteiger charge is 2.26. The van der Waals surface area contributed by atoms with Crippen LogP contribution in [-0.4, -0.2) is 42.4 Å². The quantitative estimate of drug-likeness (QED) is 0.750. The Morgan fingerprint density at radius 3 is 2.83 bits per heavy atom. The van der Waals surface area contributed by atoms with Gasteiger partial charge in [-0.25, -0.2) is 0 Å². The fourth-order valence-electron chi connectivity index (χ4n) is 2.44. The van der Waals surface area contributed by atoms with E-state index in [9.17, 15) is 9.59 Å². The Bertz CT molecular complexity index is 294. The summed E-state index contributed by atoms with van der Waals surface area (Å²) >= 11 is 0. The van der Waals surface area contributed by atoms with Gasteiger partial charge in [-0.2, -0.15) is 0 Å². The summed E-state index contributed by atoms with van der Waals surface area (Å²) in [5.74, 6) is 0.202. The summed E-state index contributed by atoms with van der Waals surface area (Å²) in [7, 11) is 0. The molecule has 0 aliphatic carbocycles. The molecule has 1 heterocycles. The summed E-state index contributed by atoms with van der Waals surface area (Å²) in [6.45, 7) is 5.56. The van der Waals surface area contributed by atoms with Crippen molar-refractivity contribution in [1.29, 1.82) is 0 Å². The van der Waals surface area contributed by atoms with E-state index < -0.39 is 0 Å². The molecule has 1 fully saturated rings. The van der Waals surface area contributed by atoms with Crippen LogP contribution < -0.4 is 11.1 Å². The Hall–Kier alpha value is -1.10. The summed E-state index contributed by atoms with van der Waals surface area (Å²) in [5, 5.41) is 2.90. The van der Waals surface area contributed by atoms with Gasteiger partial charge in [0.05, 0.1) is 0 Å². The highest BCUT2D eigenvalue weighted by Crippen LogP contribution is 2.15. The summed E-state index contributed by atoms with van der Waals surface area (Å²) in [6.07, 6.45) is 3.65. The molecule has 2 amide bonds. The van der Waals surface area contributed by atoms with Crippen LogP contribution in [0.1, 0.15) is 39.5 Å². The SMILES string of the molecule is CC(=O)NC1CCCN(C(=O)C(C)CCCN)C1. The predicted octanol–water partition coefficient (Wildman–Crippen LogP) is 0.489. The van der Waals surface area contributed by atoms with Crippen LogP contribution in [0, 0.1) is 5.92 Å². The predicted molar refractivity (Wildman–Crippen MR) is 70.9 cm³/mol. The average molecular weight is 255 g/mol. The first-order chi connectivity index (χ1) is 8.54. The number of carbonyl (C=O) groups excluding carboxylic acids is 2. The molecular weight excluding hydrogens is 230 g/mol. The maximum Gasteiger partial charge on any atom is 0.225 e. The van der Waals surface area contributed by atoms with E-state index in [1.807, 2.05) is 11.8 Å². The monoisotopic (exact) mass is 255 g/mol. The Labute approximate surface area is 109 Å². The van der Waals surface area contributed by atoms with Gasteiger partial charge in [-0.1, -0.05) is 6.92 Å². The molecule has 1 saturated heterocycles. The number of amides is 2. The topological polar surface area (TPSA) is 75.4 Å². The minimum atomic E-state index is -0.0227. The minimum absolute atomic E-state index is 0.0227. The zero-order chi connectivity index (χ0) is 13.5. The van der Waals surface area contributed by atoms with Crippen molar-refractivity contribution in [1.82, 2.24) is 10.2 Å². The molecular formula is C13H25N3O2. The summed E-state index contributed by atoms with van der Waals surface area (Å²) in [4.78, 5) is 25.1. The Kier molecular flexibility index (Phi) is 6.12. The first-order valence-corrected chi connectivity index (χ1v) is 6.80. The number of rotatable bonds is 5. The molecule has 0 radical (unpaired) electrons. The van der Waals surface area contributed by atoms with Crippen LogP contribution in [0.5, 0.6) is 0 Å². The van der Waals surface area contributed by atoms with Gasteiger partial charge >= 0.3 is 0 Å². The highest BCUT2D eigenvalue weighted by atomic mass is 16.2. The molecule has 18 heavy (non-hydrogen) atoms. The summed E-state index contributed by atoms with van der Waals surface area (Å²) in [5.41, 5.74) is 5.46. The van der Waals surface area contributed by atoms with Gasteiger partial charge < -0.3 is 16.0 Å². The maximum absolute atomic E-state index is 12.2. The number of likely N-dealkylation sites (tertiary alicyclic amines) is 1. The van der Waals surface area contributed by atoms with Crippen LogP contribution in [0.2, 0.25) is 0 Å². The standard InChI is InChI=1S/C13H25N3O2/c1-10(5-3-7-14)13(18)16-8-4-6-12(9-16)15-11(2)17/h10,12H,3-9,14H2,1-2H3,(H,15,17). The zero-order valence-corrected chi connectivity index (χ0v) is 11.4. The lowest BCUT2D eigenvalue weighted by Gasteiger charge is -2.34. The fourth-order valence-corrected chi connectivity index (χ4v) is 2.44. The largest absolute Gasteiger partial charge is 0.352 e. The number of nitrogens with zero attached hydrogens (tertiary/aromatic N) is 1. The Balaban J connectivity index is 2.44. The number of nitrogens with one attached hydrogen (secondary N) is 1. The van der Waals surface area contributed by atoms with Crippen LogP contribution in [0.4, 0.5) is 0 Å². The molecule has 0 spiro atoms. The second-order valence-electron chi connectivity index (χ2n) is 5.16. The molecule has 2 unspecified atom stereocenters. The maximum atomic E-state index is 12.2. The van der Waals surface area contributed by atoms with E-state index >= 15 is 0 Å². The Morgan fingerprint density at radius 1 is 1.50 bits per heavy atom. The molecule has 5 heteroatoms. The number of hydrogen-bond donors (Lipinski definition) is 2. The lowest BCUT2D eigenvalue weighted by molar-refractivity contribution is -0.137. The number of piperidine rings is 1. The lowest BCUT2D eigenvalue weighted by atomic mass is 10.00. The summed E-state index contributed by atoms with van der Waals surface area (Å²) in [6, 6.07) is 0.113. The molecule has 3 N–H and O–H groups in total. The molecule has 1 aliphatic heterocycles. The third-order valence-electron chi connectivity index (χ3n) is 3.40. The van der Waals surface area contributed by atoms with E-state index in [0.717, 1.165) is 32.2 Å². The normalized spacial score (nSPS) is 21.5. The van der Waals surface area contributed by atoms with E-state index in [1.54, 1.807) is 0 Å². The molecule has 0 aromatic rings. The van der Waals surface area contributed by atoms with Gasteiger partial charge in [0.1, 0.15) is 0 Å². The van der Waals surface area contributed by atoms with Gasteiger partial charge in [-0.15, -0.1) is 0 Å². The van der Waals surface area contributed by atoms with Crippen LogP contribution in [0.15, 0.2) is 0 Å². The molecule has 0 bridgehead atoms. The molecule has 1 aliphatic rings. The van der Waals surface area contributed by atoms with Gasteiger partial charge in [0.25, 0.3) is 0 Å². The van der Waals surface area contributed by atoms with Gasteiger partial charge in [0.2, 0.25) is 11.8 Å². The Morgan fingerprint density at radius 2 is 2.22 bits per heavy atom. The van der Waals surface area contributed by atoms with Crippen LogP contribution in [0.25, 0.3) is 0 Å². The van der Waals surface area contributed by atoms with Crippen molar-refractivity contribution in [2.75, 3.05) is 19.6 Å². The highest BCUT2D eigenvalue weighted by molar-refractivity contribution is 5.79. The van der Waals surface area contributed by atoms with Crippen molar-refractivity contribution >= 4 is 11.8 Å². The lowest BCUT2D eigenvalue weighted by Crippen LogP contribution is -2.50. The number of carbonyl (C=O) groups is 2. The molecule has 0 aromatic carbocycles.